The number of pyridine rings is 1. The number of aromatic nitrogens is 3. The van der Waals surface area contributed by atoms with E-state index in [1.165, 1.54) is 6.20 Å². The summed E-state index contributed by atoms with van der Waals surface area (Å²) < 4.78 is 7.00. The Morgan fingerprint density at radius 2 is 2.04 bits per heavy atom. The maximum Gasteiger partial charge on any atom is 0.349 e. The van der Waals surface area contributed by atoms with Crippen LogP contribution < -0.4 is 10.9 Å². The minimum absolute atomic E-state index is 0.0117. The lowest BCUT2D eigenvalue weighted by molar-refractivity contribution is 0.102. The normalized spacial score (nSPS) is 10.8. The van der Waals surface area contributed by atoms with E-state index < -0.39 is 11.5 Å². The molecule has 7 heteroatoms. The molecule has 26 heavy (non-hydrogen) atoms. The highest BCUT2D eigenvalue weighted by Crippen LogP contribution is 2.20. The molecule has 4 rings (SSSR count). The van der Waals surface area contributed by atoms with Gasteiger partial charge in [0.1, 0.15) is 23.3 Å². The molecule has 128 valence electrons. The third kappa shape index (κ3) is 2.75. The number of benzene rings is 1. The number of carbonyl (C=O) groups excluding carboxylic acids is 1. The summed E-state index contributed by atoms with van der Waals surface area (Å²) >= 11 is 0. The number of imidazole rings is 1. The third-order valence-corrected chi connectivity index (χ3v) is 4.07. The molecule has 3 aromatic heterocycles. The molecule has 0 unspecified atom stereocenters. The maximum atomic E-state index is 12.6. The molecule has 1 N–H and O–H groups in total. The van der Waals surface area contributed by atoms with Crippen molar-refractivity contribution >= 4 is 22.6 Å². The first-order valence-electron chi connectivity index (χ1n) is 7.91. The van der Waals surface area contributed by atoms with E-state index in [0.717, 1.165) is 5.39 Å². The summed E-state index contributed by atoms with van der Waals surface area (Å²) in [5.74, 6) is 0.140. The van der Waals surface area contributed by atoms with Crippen molar-refractivity contribution in [2.24, 2.45) is 0 Å². The zero-order valence-electron chi connectivity index (χ0n) is 13.8. The number of hydrogen-bond donors (Lipinski definition) is 1. The minimum atomic E-state index is -0.665. The summed E-state index contributed by atoms with van der Waals surface area (Å²) in [4.78, 5) is 33.1. The van der Waals surface area contributed by atoms with E-state index in [1.807, 2.05) is 12.1 Å². The van der Waals surface area contributed by atoms with E-state index in [4.69, 9.17) is 4.42 Å². The predicted molar refractivity (Wildman–Crippen MR) is 96.5 cm³/mol. The zero-order valence-corrected chi connectivity index (χ0v) is 13.8. The Bertz CT molecular complexity index is 1150. The van der Waals surface area contributed by atoms with Gasteiger partial charge in [-0.1, -0.05) is 18.2 Å². The Morgan fingerprint density at radius 1 is 1.19 bits per heavy atom. The van der Waals surface area contributed by atoms with Crippen LogP contribution in [0.1, 0.15) is 15.9 Å². The van der Waals surface area contributed by atoms with Crippen LogP contribution in [0.3, 0.4) is 0 Å². The topological polar surface area (TPSA) is 90.0 Å². The average Bonchev–Trinajstić information content (AvgIpc) is 3.17. The fraction of sp³-hybridized carbons (Fsp3) is 0.0526. The molecule has 0 fully saturated rings. The lowest BCUT2D eigenvalue weighted by Crippen LogP contribution is -2.22. The van der Waals surface area contributed by atoms with Crippen molar-refractivity contribution in [3.05, 3.63) is 82.9 Å². The second-order valence-corrected chi connectivity index (χ2v) is 5.71. The van der Waals surface area contributed by atoms with Gasteiger partial charge in [0.25, 0.3) is 5.91 Å². The number of hydrogen-bond acceptors (Lipinski definition) is 5. The first kappa shape index (κ1) is 15.8. The van der Waals surface area contributed by atoms with Crippen molar-refractivity contribution in [3.63, 3.8) is 0 Å². The molecular weight excluding hydrogens is 332 g/mol. The summed E-state index contributed by atoms with van der Waals surface area (Å²) in [6.07, 6.45) is 6.57. The van der Waals surface area contributed by atoms with Gasteiger partial charge in [0.2, 0.25) is 0 Å². The Balaban J connectivity index is 1.64. The number of para-hydroxylation sites is 1. The maximum absolute atomic E-state index is 12.6. The van der Waals surface area contributed by atoms with Crippen LogP contribution in [0.2, 0.25) is 0 Å². The van der Waals surface area contributed by atoms with E-state index in [9.17, 15) is 9.59 Å². The number of anilines is 1. The molecule has 0 atom stereocenters. The number of carbonyl (C=O) groups is 1. The van der Waals surface area contributed by atoms with Gasteiger partial charge in [-0.25, -0.2) is 14.8 Å². The van der Waals surface area contributed by atoms with E-state index in [-0.39, 0.29) is 5.56 Å². The molecule has 1 amide bonds. The number of nitrogens with one attached hydrogen (secondary N) is 1. The summed E-state index contributed by atoms with van der Waals surface area (Å²) in [7, 11) is 0. The highest BCUT2D eigenvalue weighted by Gasteiger charge is 2.18. The molecule has 4 aromatic rings. The highest BCUT2D eigenvalue weighted by molar-refractivity contribution is 6.07. The van der Waals surface area contributed by atoms with Crippen molar-refractivity contribution in [2.75, 3.05) is 5.32 Å². The van der Waals surface area contributed by atoms with Crippen LogP contribution >= 0.6 is 0 Å². The summed E-state index contributed by atoms with van der Waals surface area (Å²) in [5, 5.41) is 3.42. The molecule has 1 aromatic carbocycles. The van der Waals surface area contributed by atoms with E-state index >= 15 is 0 Å². The third-order valence-electron chi connectivity index (χ3n) is 4.07. The van der Waals surface area contributed by atoms with Gasteiger partial charge in [-0.2, -0.15) is 0 Å². The van der Waals surface area contributed by atoms with Gasteiger partial charge in [-0.05, 0) is 30.7 Å². The van der Waals surface area contributed by atoms with Crippen LogP contribution in [0.15, 0.2) is 70.5 Å². The van der Waals surface area contributed by atoms with Crippen LogP contribution in [0.5, 0.6) is 0 Å². The van der Waals surface area contributed by atoms with Crippen molar-refractivity contribution in [2.45, 2.75) is 6.92 Å². The van der Waals surface area contributed by atoms with Crippen LogP contribution in [-0.4, -0.2) is 20.4 Å². The molecule has 0 saturated heterocycles. The van der Waals surface area contributed by atoms with Gasteiger partial charge in [0.15, 0.2) is 0 Å². The first-order valence-corrected chi connectivity index (χ1v) is 7.91. The summed E-state index contributed by atoms with van der Waals surface area (Å²) in [5.41, 5.74) is 0.838. The smallest absolute Gasteiger partial charge is 0.349 e. The number of nitrogens with zero attached hydrogens (tertiary/aromatic N) is 3. The van der Waals surface area contributed by atoms with Crippen LogP contribution in [-0.2, 0) is 0 Å². The molecular formula is C19H14N4O3. The Labute approximate surface area is 147 Å². The molecule has 0 aliphatic heterocycles. The molecule has 0 spiro atoms. The largest absolute Gasteiger partial charge is 0.422 e. The number of fused-ring (bicyclic) bond motifs is 1. The predicted octanol–water partition coefficient (Wildman–Crippen LogP) is 2.93. The van der Waals surface area contributed by atoms with Crippen molar-refractivity contribution < 1.29 is 9.21 Å². The SMILES string of the molecule is Cc1c(C(=O)Nc2ccc(-n3ccnc3)nc2)c(=O)oc2ccccc12. The average molecular weight is 346 g/mol. The Morgan fingerprint density at radius 3 is 2.77 bits per heavy atom. The lowest BCUT2D eigenvalue weighted by Gasteiger charge is -2.09. The standard InChI is InChI=1S/C19H14N4O3/c1-12-14-4-2-3-5-15(14)26-19(25)17(12)18(24)22-13-6-7-16(21-10-13)23-9-8-20-11-23/h2-11H,1H3,(H,22,24). The van der Waals surface area contributed by atoms with Crippen LogP contribution in [0.25, 0.3) is 16.8 Å². The molecule has 0 aliphatic carbocycles. The van der Waals surface area contributed by atoms with Crippen molar-refractivity contribution in [1.29, 1.82) is 0 Å². The quantitative estimate of drug-likeness (QED) is 0.576. The number of rotatable bonds is 3. The van der Waals surface area contributed by atoms with E-state index in [2.05, 4.69) is 15.3 Å². The minimum Gasteiger partial charge on any atom is -0.422 e. The van der Waals surface area contributed by atoms with Gasteiger partial charge in [-0.15, -0.1) is 0 Å². The van der Waals surface area contributed by atoms with Crippen molar-refractivity contribution in [1.82, 2.24) is 14.5 Å². The van der Waals surface area contributed by atoms with Crippen LogP contribution in [0, 0.1) is 6.92 Å². The monoisotopic (exact) mass is 346 g/mol. The second kappa shape index (κ2) is 6.29. The molecule has 0 radical (unpaired) electrons. The zero-order chi connectivity index (χ0) is 18.1. The number of amides is 1. The summed E-state index contributed by atoms with van der Waals surface area (Å²) in [6.45, 7) is 1.73. The molecule has 3 heterocycles. The first-order chi connectivity index (χ1) is 12.6. The van der Waals surface area contributed by atoms with Gasteiger partial charge in [0.05, 0.1) is 11.9 Å². The summed E-state index contributed by atoms with van der Waals surface area (Å²) in [6, 6.07) is 10.6. The number of aryl methyl sites for hydroxylation is 1. The van der Waals surface area contributed by atoms with Gasteiger partial charge >= 0.3 is 5.63 Å². The van der Waals surface area contributed by atoms with E-state index in [1.54, 1.807) is 54.5 Å². The second-order valence-electron chi connectivity index (χ2n) is 5.71. The Kier molecular flexibility index (Phi) is 3.81. The fourth-order valence-corrected chi connectivity index (χ4v) is 2.77. The molecule has 7 nitrogen and oxygen atoms in total. The molecule has 0 bridgehead atoms. The van der Waals surface area contributed by atoms with Gasteiger partial charge < -0.3 is 9.73 Å². The van der Waals surface area contributed by atoms with Gasteiger partial charge in [0, 0.05) is 17.8 Å². The van der Waals surface area contributed by atoms with Crippen molar-refractivity contribution in [3.8, 4) is 5.82 Å². The molecule has 0 aliphatic rings. The lowest BCUT2D eigenvalue weighted by atomic mass is 10.1. The van der Waals surface area contributed by atoms with E-state index in [0.29, 0.717) is 22.7 Å². The van der Waals surface area contributed by atoms with Gasteiger partial charge in [-0.3, -0.25) is 9.36 Å². The Hall–Kier alpha value is -3.74. The van der Waals surface area contributed by atoms with Crippen LogP contribution in [0.4, 0.5) is 5.69 Å². The molecule has 0 saturated carbocycles. The highest BCUT2D eigenvalue weighted by atomic mass is 16.4. The fourth-order valence-electron chi connectivity index (χ4n) is 2.77.